The molecule has 0 radical (unpaired) electrons. The number of aryl methyl sites for hydroxylation is 3. The van der Waals surface area contributed by atoms with Gasteiger partial charge in [-0.2, -0.15) is 0 Å². The van der Waals surface area contributed by atoms with Crippen LogP contribution in [0.4, 0.5) is 4.39 Å². The number of carboxylic acids is 1. The van der Waals surface area contributed by atoms with Gasteiger partial charge in [-0.05, 0) is 49.4 Å². The molecule has 5 heteroatoms. The Hall–Kier alpha value is -2.43. The van der Waals surface area contributed by atoms with Gasteiger partial charge in [0.05, 0.1) is 0 Å². The van der Waals surface area contributed by atoms with Crippen LogP contribution < -0.4 is 4.74 Å². The molecule has 0 spiro atoms. The Morgan fingerprint density at radius 3 is 2.86 bits per heavy atom. The van der Waals surface area contributed by atoms with E-state index in [0.717, 1.165) is 30.5 Å². The lowest BCUT2D eigenvalue weighted by Gasteiger charge is -2.10. The van der Waals surface area contributed by atoms with Crippen LogP contribution in [0.25, 0.3) is 0 Å². The van der Waals surface area contributed by atoms with E-state index in [-0.39, 0.29) is 17.2 Å². The Kier molecular flexibility index (Phi) is 3.33. The van der Waals surface area contributed by atoms with Gasteiger partial charge < -0.3 is 9.84 Å². The summed E-state index contributed by atoms with van der Waals surface area (Å²) >= 11 is 0. The van der Waals surface area contributed by atoms with Gasteiger partial charge in [0, 0.05) is 11.8 Å². The van der Waals surface area contributed by atoms with Crippen molar-refractivity contribution in [2.45, 2.75) is 26.2 Å². The van der Waals surface area contributed by atoms with Gasteiger partial charge in [-0.25, -0.2) is 14.2 Å². The molecule has 0 saturated heterocycles. The molecular weight excluding hydrogens is 273 g/mol. The summed E-state index contributed by atoms with van der Waals surface area (Å²) in [6.45, 7) is 1.65. The van der Waals surface area contributed by atoms with Gasteiger partial charge in [0.25, 0.3) is 0 Å². The smallest absolute Gasteiger partial charge is 0.341 e. The lowest BCUT2D eigenvalue weighted by atomic mass is 10.1. The van der Waals surface area contributed by atoms with E-state index in [1.54, 1.807) is 25.1 Å². The average molecular weight is 287 g/mol. The number of fused-ring (bicyclic) bond motifs is 1. The van der Waals surface area contributed by atoms with Crippen molar-refractivity contribution < 1.29 is 19.0 Å². The first-order chi connectivity index (χ1) is 10.0. The van der Waals surface area contributed by atoms with Crippen LogP contribution in [0.3, 0.4) is 0 Å². The lowest BCUT2D eigenvalue weighted by molar-refractivity contribution is 0.0693. The monoisotopic (exact) mass is 287 g/mol. The third-order valence-electron chi connectivity index (χ3n) is 3.60. The number of pyridine rings is 1. The molecule has 4 nitrogen and oxygen atoms in total. The highest BCUT2D eigenvalue weighted by Crippen LogP contribution is 2.30. The second-order valence-electron chi connectivity index (χ2n) is 5.12. The number of hydrogen-bond donors (Lipinski definition) is 1. The van der Waals surface area contributed by atoms with Gasteiger partial charge in [-0.1, -0.05) is 6.07 Å². The maximum atomic E-state index is 13.5. The van der Waals surface area contributed by atoms with Gasteiger partial charge in [0.15, 0.2) is 0 Å². The molecule has 1 aromatic carbocycles. The van der Waals surface area contributed by atoms with Crippen LogP contribution in [0, 0.1) is 12.7 Å². The normalized spacial score (nSPS) is 13.0. The summed E-state index contributed by atoms with van der Waals surface area (Å²) in [5.41, 5.74) is 2.33. The number of benzene rings is 1. The van der Waals surface area contributed by atoms with Crippen LogP contribution in [0.5, 0.6) is 11.6 Å². The first kappa shape index (κ1) is 13.5. The number of aromatic nitrogens is 1. The molecule has 2 aromatic rings. The standard InChI is InChI=1S/C16H14FNO3/c1-9-5-6-11(8-13(9)17)21-15-12(16(19)20)7-10-3-2-4-14(10)18-15/h5-8H,2-4H2,1H3,(H,19,20). The molecule has 21 heavy (non-hydrogen) atoms. The van der Waals surface area contributed by atoms with Crippen molar-refractivity contribution >= 4 is 5.97 Å². The zero-order chi connectivity index (χ0) is 15.0. The van der Waals surface area contributed by atoms with Crippen LogP contribution in [0.2, 0.25) is 0 Å². The summed E-state index contributed by atoms with van der Waals surface area (Å²) in [5, 5.41) is 9.28. The molecule has 108 valence electrons. The molecule has 0 amide bonds. The summed E-state index contributed by atoms with van der Waals surface area (Å²) in [6.07, 6.45) is 2.61. The highest BCUT2D eigenvalue weighted by Gasteiger charge is 2.21. The number of halogens is 1. The Bertz CT molecular complexity index is 728. The van der Waals surface area contributed by atoms with Crippen molar-refractivity contribution in [3.63, 3.8) is 0 Å². The van der Waals surface area contributed by atoms with Crippen molar-refractivity contribution in [1.82, 2.24) is 4.98 Å². The van der Waals surface area contributed by atoms with Crippen LogP contribution in [-0.4, -0.2) is 16.1 Å². The largest absolute Gasteiger partial charge is 0.477 e. The van der Waals surface area contributed by atoms with Crippen molar-refractivity contribution in [1.29, 1.82) is 0 Å². The van der Waals surface area contributed by atoms with E-state index < -0.39 is 11.8 Å². The highest BCUT2D eigenvalue weighted by molar-refractivity contribution is 5.90. The third kappa shape index (κ3) is 2.59. The fourth-order valence-electron chi connectivity index (χ4n) is 2.43. The number of rotatable bonds is 3. The van der Waals surface area contributed by atoms with Gasteiger partial charge in [0.2, 0.25) is 5.88 Å². The SMILES string of the molecule is Cc1ccc(Oc2nc3c(cc2C(=O)O)CCC3)cc1F. The summed E-state index contributed by atoms with van der Waals surface area (Å²) in [5.74, 6) is -1.23. The van der Waals surface area contributed by atoms with E-state index in [9.17, 15) is 14.3 Å². The van der Waals surface area contributed by atoms with E-state index in [1.165, 1.54) is 6.07 Å². The van der Waals surface area contributed by atoms with Gasteiger partial charge >= 0.3 is 5.97 Å². The highest BCUT2D eigenvalue weighted by atomic mass is 19.1. The second kappa shape index (κ2) is 5.16. The first-order valence-electron chi connectivity index (χ1n) is 6.74. The quantitative estimate of drug-likeness (QED) is 0.938. The number of nitrogens with zero attached hydrogens (tertiary/aromatic N) is 1. The third-order valence-corrected chi connectivity index (χ3v) is 3.60. The summed E-state index contributed by atoms with van der Waals surface area (Å²) in [6, 6.07) is 6.02. The Morgan fingerprint density at radius 1 is 1.33 bits per heavy atom. The number of carboxylic acid groups (broad SMARTS) is 1. The van der Waals surface area contributed by atoms with E-state index in [2.05, 4.69) is 4.98 Å². The van der Waals surface area contributed by atoms with Gasteiger partial charge in [-0.15, -0.1) is 0 Å². The molecule has 1 aliphatic rings. The van der Waals surface area contributed by atoms with E-state index in [1.807, 2.05) is 0 Å². The number of ether oxygens (including phenoxy) is 1. The number of carbonyl (C=O) groups is 1. The van der Waals surface area contributed by atoms with Crippen LogP contribution in [0.15, 0.2) is 24.3 Å². The lowest BCUT2D eigenvalue weighted by Crippen LogP contribution is -2.05. The minimum atomic E-state index is -1.10. The van der Waals surface area contributed by atoms with Gasteiger partial charge in [-0.3, -0.25) is 0 Å². The number of aromatic carboxylic acids is 1. The summed E-state index contributed by atoms with van der Waals surface area (Å²) < 4.78 is 19.0. The predicted octanol–water partition coefficient (Wildman–Crippen LogP) is 3.51. The molecule has 1 aliphatic carbocycles. The topological polar surface area (TPSA) is 59.4 Å². The first-order valence-corrected chi connectivity index (χ1v) is 6.74. The van der Waals surface area contributed by atoms with Gasteiger partial charge in [0.1, 0.15) is 17.1 Å². The molecule has 0 fully saturated rings. The van der Waals surface area contributed by atoms with Crippen LogP contribution in [0.1, 0.15) is 33.6 Å². The number of hydrogen-bond acceptors (Lipinski definition) is 3. The summed E-state index contributed by atoms with van der Waals surface area (Å²) in [7, 11) is 0. The fourth-order valence-corrected chi connectivity index (χ4v) is 2.43. The molecule has 0 atom stereocenters. The van der Waals surface area contributed by atoms with Crippen molar-refractivity contribution in [2.24, 2.45) is 0 Å². The maximum Gasteiger partial charge on any atom is 0.341 e. The molecule has 1 N–H and O–H groups in total. The van der Waals surface area contributed by atoms with E-state index in [4.69, 9.17) is 4.74 Å². The zero-order valence-corrected chi connectivity index (χ0v) is 11.5. The van der Waals surface area contributed by atoms with Crippen molar-refractivity contribution in [3.8, 4) is 11.6 Å². The molecule has 1 heterocycles. The maximum absolute atomic E-state index is 13.5. The minimum absolute atomic E-state index is 0.0108. The molecule has 0 unspecified atom stereocenters. The Morgan fingerprint density at radius 2 is 2.14 bits per heavy atom. The fraction of sp³-hybridized carbons (Fsp3) is 0.250. The Labute approximate surface area is 121 Å². The van der Waals surface area contributed by atoms with E-state index in [0.29, 0.717) is 5.56 Å². The van der Waals surface area contributed by atoms with Crippen LogP contribution >= 0.6 is 0 Å². The second-order valence-corrected chi connectivity index (χ2v) is 5.12. The Balaban J connectivity index is 2.01. The van der Waals surface area contributed by atoms with Crippen LogP contribution in [-0.2, 0) is 12.8 Å². The average Bonchev–Trinajstić information content (AvgIpc) is 2.89. The predicted molar refractivity (Wildman–Crippen MR) is 74.4 cm³/mol. The molecular formula is C16H14FNO3. The molecule has 0 aliphatic heterocycles. The van der Waals surface area contributed by atoms with Crippen molar-refractivity contribution in [3.05, 3.63) is 52.5 Å². The summed E-state index contributed by atoms with van der Waals surface area (Å²) in [4.78, 5) is 15.6. The molecule has 1 aromatic heterocycles. The molecule has 3 rings (SSSR count). The minimum Gasteiger partial charge on any atom is -0.477 e. The molecule has 0 bridgehead atoms. The van der Waals surface area contributed by atoms with E-state index >= 15 is 0 Å². The van der Waals surface area contributed by atoms with Crippen molar-refractivity contribution in [2.75, 3.05) is 0 Å². The molecule has 0 saturated carbocycles. The zero-order valence-electron chi connectivity index (χ0n) is 11.5.